The van der Waals surface area contributed by atoms with E-state index in [0.29, 0.717) is 0 Å². The van der Waals surface area contributed by atoms with Gasteiger partial charge in [-0.25, -0.2) is 0 Å². The van der Waals surface area contributed by atoms with Crippen LogP contribution in [0.2, 0.25) is 0 Å². The Balaban J connectivity index is 1.15. The minimum Gasteiger partial charge on any atom is -0.252 e. The highest BCUT2D eigenvalue weighted by Gasteiger charge is 2.18. The molecule has 1 nitrogen and oxygen atoms in total. The van der Waals surface area contributed by atoms with E-state index in [1.807, 2.05) is 11.3 Å². The van der Waals surface area contributed by atoms with E-state index in [4.69, 9.17) is 4.99 Å². The van der Waals surface area contributed by atoms with Gasteiger partial charge in [-0.15, -0.1) is 11.3 Å². The molecule has 0 spiro atoms. The van der Waals surface area contributed by atoms with Crippen molar-refractivity contribution in [2.24, 2.45) is 4.99 Å². The molecule has 6 aromatic carbocycles. The van der Waals surface area contributed by atoms with Gasteiger partial charge in [0.1, 0.15) is 0 Å². The smallest absolute Gasteiger partial charge is 0.0746 e. The summed E-state index contributed by atoms with van der Waals surface area (Å²) in [5.41, 5.74) is 16.0. The van der Waals surface area contributed by atoms with Crippen LogP contribution in [0.5, 0.6) is 0 Å². The fourth-order valence-electron chi connectivity index (χ4n) is 7.15. The number of hydrogen-bond acceptors (Lipinski definition) is 2. The molecule has 7 aromatic rings. The summed E-state index contributed by atoms with van der Waals surface area (Å²) in [5.74, 6) is 0. The Labute approximate surface area is 287 Å². The highest BCUT2D eigenvalue weighted by molar-refractivity contribution is 7.18. The van der Waals surface area contributed by atoms with Gasteiger partial charge in [0.05, 0.1) is 5.69 Å². The molecule has 1 aromatic heterocycles. The first-order valence-electron chi connectivity index (χ1n) is 16.8. The van der Waals surface area contributed by atoms with Gasteiger partial charge in [0, 0.05) is 26.4 Å². The lowest BCUT2D eigenvalue weighted by Gasteiger charge is -2.20. The molecule has 1 aliphatic rings. The molecular weight excluding hydrogens is 599 g/mol. The first-order chi connectivity index (χ1) is 23.5. The summed E-state index contributed by atoms with van der Waals surface area (Å²) in [6, 6.07) is 48.4. The summed E-state index contributed by atoms with van der Waals surface area (Å²) in [4.78, 5) is 7.98. The second kappa shape index (κ2) is 12.7. The Morgan fingerprint density at radius 2 is 1.25 bits per heavy atom. The number of allylic oxidation sites excluding steroid dienone is 1. The average molecular weight is 636 g/mol. The van der Waals surface area contributed by atoms with Gasteiger partial charge in [0.2, 0.25) is 0 Å². The molecule has 2 heteroatoms. The molecule has 0 radical (unpaired) electrons. The van der Waals surface area contributed by atoms with Crippen molar-refractivity contribution in [2.45, 2.75) is 33.6 Å². The minimum absolute atomic E-state index is 1.03. The molecule has 0 saturated heterocycles. The predicted octanol–water partition coefficient (Wildman–Crippen LogP) is 13.3. The lowest BCUT2D eigenvalue weighted by molar-refractivity contribution is 0.993. The molecule has 0 bridgehead atoms. The van der Waals surface area contributed by atoms with Crippen LogP contribution in [-0.4, -0.2) is 5.71 Å². The average Bonchev–Trinajstić information content (AvgIpc) is 3.65. The first-order valence-corrected chi connectivity index (χ1v) is 17.6. The Hall–Kier alpha value is -5.31. The van der Waals surface area contributed by atoms with E-state index in [-0.39, 0.29) is 0 Å². The zero-order chi connectivity index (χ0) is 32.6. The molecule has 0 atom stereocenters. The third-order valence-electron chi connectivity index (χ3n) is 9.73. The molecular formula is C46H37NS. The molecule has 1 aliphatic carbocycles. The van der Waals surface area contributed by atoms with Gasteiger partial charge in [0.25, 0.3) is 0 Å². The second-order valence-corrected chi connectivity index (χ2v) is 13.8. The number of fused-ring (bicyclic) bond motifs is 3. The van der Waals surface area contributed by atoms with Crippen molar-refractivity contribution in [3.63, 3.8) is 0 Å². The van der Waals surface area contributed by atoms with Crippen molar-refractivity contribution < 1.29 is 0 Å². The minimum atomic E-state index is 1.03. The van der Waals surface area contributed by atoms with E-state index in [1.165, 1.54) is 76.2 Å². The quantitative estimate of drug-likeness (QED) is 0.161. The standard InChI is InChI=1S/C46H37NS/c1-30-21-22-36(33-23-25-35(26-24-33)45-28-27-44(48-45)34-13-5-4-6-14-34)29-43(30)40-18-10-8-16-38(40)32(3)47-46-31(2)37-15-7-9-17-39(37)41-19-11-12-20-42(41)46/h4-8,10-16,18-29H,9,17H2,1-3H3/b47-32+. The molecule has 0 fully saturated rings. The fraction of sp³-hybridized carbons (Fsp3) is 0.109. The van der Waals surface area contributed by atoms with Gasteiger partial charge >= 0.3 is 0 Å². The zero-order valence-electron chi connectivity index (χ0n) is 27.6. The summed E-state index contributed by atoms with van der Waals surface area (Å²) in [6.07, 6.45) is 6.78. The predicted molar refractivity (Wildman–Crippen MR) is 209 cm³/mol. The van der Waals surface area contributed by atoms with Gasteiger partial charge in [-0.2, -0.15) is 0 Å². The van der Waals surface area contributed by atoms with Crippen molar-refractivity contribution in [3.05, 3.63) is 167 Å². The number of nitrogens with zero attached hydrogens (tertiary/aromatic N) is 1. The second-order valence-electron chi connectivity index (χ2n) is 12.7. The lowest BCUT2D eigenvalue weighted by atomic mass is 9.87. The Bertz CT molecular complexity index is 2350. The zero-order valence-corrected chi connectivity index (χ0v) is 28.4. The Morgan fingerprint density at radius 1 is 0.604 bits per heavy atom. The topological polar surface area (TPSA) is 12.4 Å². The lowest BCUT2D eigenvalue weighted by Crippen LogP contribution is -2.02. The maximum absolute atomic E-state index is 5.40. The normalized spacial score (nSPS) is 12.8. The van der Waals surface area contributed by atoms with Crippen LogP contribution in [0.3, 0.4) is 0 Å². The van der Waals surface area contributed by atoms with Crippen molar-refractivity contribution in [1.29, 1.82) is 0 Å². The van der Waals surface area contributed by atoms with Crippen LogP contribution >= 0.6 is 11.3 Å². The van der Waals surface area contributed by atoms with Crippen molar-refractivity contribution in [2.75, 3.05) is 0 Å². The van der Waals surface area contributed by atoms with Gasteiger partial charge in [-0.3, -0.25) is 4.99 Å². The van der Waals surface area contributed by atoms with E-state index < -0.39 is 0 Å². The number of benzene rings is 6. The summed E-state index contributed by atoms with van der Waals surface area (Å²) < 4.78 is 0. The summed E-state index contributed by atoms with van der Waals surface area (Å²) in [6.45, 7) is 6.60. The summed E-state index contributed by atoms with van der Waals surface area (Å²) >= 11 is 1.84. The molecule has 8 rings (SSSR count). The van der Waals surface area contributed by atoms with E-state index in [9.17, 15) is 0 Å². The number of hydrogen-bond donors (Lipinski definition) is 0. The van der Waals surface area contributed by atoms with Crippen LogP contribution in [-0.2, 0) is 6.42 Å². The molecule has 48 heavy (non-hydrogen) atoms. The van der Waals surface area contributed by atoms with Crippen LogP contribution in [0.25, 0.3) is 60.0 Å². The van der Waals surface area contributed by atoms with Gasteiger partial charge in [0.15, 0.2) is 0 Å². The monoisotopic (exact) mass is 635 g/mol. The summed E-state index contributed by atoms with van der Waals surface area (Å²) in [7, 11) is 0. The number of aryl methyl sites for hydroxylation is 2. The van der Waals surface area contributed by atoms with Crippen LogP contribution < -0.4 is 0 Å². The van der Waals surface area contributed by atoms with E-state index in [1.54, 1.807) is 0 Å². The number of aliphatic imine (C=N–C) groups is 1. The maximum atomic E-state index is 5.40. The fourth-order valence-corrected chi connectivity index (χ4v) is 8.17. The molecule has 0 unspecified atom stereocenters. The van der Waals surface area contributed by atoms with Crippen LogP contribution in [0.4, 0.5) is 5.69 Å². The first kappa shape index (κ1) is 30.1. The van der Waals surface area contributed by atoms with E-state index >= 15 is 0 Å². The Morgan fingerprint density at radius 3 is 2.04 bits per heavy atom. The van der Waals surface area contributed by atoms with Crippen LogP contribution in [0, 0.1) is 13.8 Å². The number of rotatable bonds is 6. The highest BCUT2D eigenvalue weighted by atomic mass is 32.1. The SMILES string of the molecule is C/C(=N\c1c(C)c2c(c3ccccc13)CCC=C2)c1ccccc1-c1cc(-c2ccc(-c3ccc(-c4ccccc4)s3)cc2)ccc1C. The van der Waals surface area contributed by atoms with E-state index in [0.717, 1.165) is 29.8 Å². The van der Waals surface area contributed by atoms with Crippen LogP contribution in [0.1, 0.15) is 41.2 Å². The van der Waals surface area contributed by atoms with Gasteiger partial charge in [-0.1, -0.05) is 127 Å². The third kappa shape index (κ3) is 5.53. The largest absolute Gasteiger partial charge is 0.252 e. The third-order valence-corrected chi connectivity index (χ3v) is 10.9. The van der Waals surface area contributed by atoms with E-state index in [2.05, 4.69) is 166 Å². The van der Waals surface area contributed by atoms with Gasteiger partial charge < -0.3 is 0 Å². The molecule has 0 aliphatic heterocycles. The Kier molecular flexibility index (Phi) is 7.96. The molecule has 0 N–H and O–H groups in total. The van der Waals surface area contributed by atoms with Gasteiger partial charge in [-0.05, 0) is 113 Å². The molecule has 232 valence electrons. The van der Waals surface area contributed by atoms with Crippen molar-refractivity contribution >= 4 is 39.6 Å². The highest BCUT2D eigenvalue weighted by Crippen LogP contribution is 2.40. The van der Waals surface area contributed by atoms with Crippen LogP contribution in [0.15, 0.2) is 145 Å². The summed E-state index contributed by atoms with van der Waals surface area (Å²) in [5, 5.41) is 2.56. The molecule has 1 heterocycles. The maximum Gasteiger partial charge on any atom is 0.0746 e. The molecule has 0 amide bonds. The van der Waals surface area contributed by atoms with Crippen molar-refractivity contribution in [3.8, 4) is 43.1 Å². The number of thiophene rings is 1. The molecule has 0 saturated carbocycles. The van der Waals surface area contributed by atoms with Crippen molar-refractivity contribution in [1.82, 2.24) is 0 Å².